The van der Waals surface area contributed by atoms with Crippen LogP contribution in [0, 0.1) is 11.6 Å². The van der Waals surface area contributed by atoms with Crippen molar-refractivity contribution in [2.45, 2.75) is 0 Å². The monoisotopic (exact) mass is 406 g/mol. The van der Waals surface area contributed by atoms with Gasteiger partial charge in [0.25, 0.3) is 0 Å². The summed E-state index contributed by atoms with van der Waals surface area (Å²) in [5.41, 5.74) is -0.225. The normalized spacial score (nSPS) is 10.4. The van der Waals surface area contributed by atoms with E-state index in [1.165, 1.54) is 24.3 Å². The van der Waals surface area contributed by atoms with Crippen molar-refractivity contribution in [1.29, 1.82) is 0 Å². The largest absolute Gasteiger partial charge is 0.478 e. The molecule has 0 aromatic heterocycles. The molecule has 0 fully saturated rings. The first-order valence-electron chi connectivity index (χ1n) is 5.24. The third-order valence-corrected chi connectivity index (χ3v) is 3.81. The number of carbonyl (C=O) groups is 1. The van der Waals surface area contributed by atoms with Crippen LogP contribution >= 0.6 is 31.9 Å². The van der Waals surface area contributed by atoms with Crippen molar-refractivity contribution < 1.29 is 23.4 Å². The van der Waals surface area contributed by atoms with Gasteiger partial charge in [-0.05, 0) is 56.1 Å². The Morgan fingerprint density at radius 3 is 2.45 bits per heavy atom. The zero-order chi connectivity index (χ0) is 14.9. The van der Waals surface area contributed by atoms with E-state index >= 15 is 0 Å². The van der Waals surface area contributed by atoms with Crippen LogP contribution in [-0.2, 0) is 0 Å². The second kappa shape index (κ2) is 5.88. The van der Waals surface area contributed by atoms with Gasteiger partial charge in [-0.3, -0.25) is 0 Å². The SMILES string of the molecule is O=C(O)c1ccc(Oc2ccc(Br)c(F)c2)c(F)c1Br. The Kier molecular flexibility index (Phi) is 4.39. The molecule has 3 nitrogen and oxygen atoms in total. The second-order valence-electron chi connectivity index (χ2n) is 3.72. The fourth-order valence-electron chi connectivity index (χ4n) is 1.44. The first-order valence-corrected chi connectivity index (χ1v) is 6.83. The molecule has 0 unspecified atom stereocenters. The van der Waals surface area contributed by atoms with E-state index in [1.807, 2.05) is 0 Å². The maximum atomic E-state index is 13.9. The van der Waals surface area contributed by atoms with Gasteiger partial charge < -0.3 is 9.84 Å². The Morgan fingerprint density at radius 2 is 1.85 bits per heavy atom. The van der Waals surface area contributed by atoms with E-state index < -0.39 is 17.6 Å². The van der Waals surface area contributed by atoms with E-state index in [1.54, 1.807) is 0 Å². The molecule has 2 rings (SSSR count). The summed E-state index contributed by atoms with van der Waals surface area (Å²) in [5, 5.41) is 8.85. The lowest BCUT2D eigenvalue weighted by molar-refractivity contribution is 0.0695. The average Bonchev–Trinajstić information content (AvgIpc) is 2.39. The molecule has 0 aliphatic carbocycles. The van der Waals surface area contributed by atoms with Crippen molar-refractivity contribution in [1.82, 2.24) is 0 Å². The van der Waals surface area contributed by atoms with E-state index in [0.717, 1.165) is 6.07 Å². The smallest absolute Gasteiger partial charge is 0.336 e. The Bertz CT molecular complexity index is 690. The quantitative estimate of drug-likeness (QED) is 0.780. The lowest BCUT2D eigenvalue weighted by Gasteiger charge is -2.09. The van der Waals surface area contributed by atoms with Gasteiger partial charge >= 0.3 is 5.97 Å². The third kappa shape index (κ3) is 2.99. The number of rotatable bonds is 3. The van der Waals surface area contributed by atoms with Gasteiger partial charge in [0.1, 0.15) is 11.6 Å². The number of hydrogen-bond acceptors (Lipinski definition) is 2. The summed E-state index contributed by atoms with van der Waals surface area (Å²) in [6, 6.07) is 6.32. The molecule has 0 heterocycles. The number of ether oxygens (including phenoxy) is 1. The number of hydrogen-bond donors (Lipinski definition) is 1. The third-order valence-electron chi connectivity index (χ3n) is 2.40. The summed E-state index contributed by atoms with van der Waals surface area (Å²) in [6.45, 7) is 0. The van der Waals surface area contributed by atoms with Gasteiger partial charge in [-0.25, -0.2) is 13.6 Å². The minimum absolute atomic E-state index is 0.0968. The molecule has 0 aliphatic heterocycles. The summed E-state index contributed by atoms with van der Waals surface area (Å²) in [4.78, 5) is 10.8. The number of carboxylic acids is 1. The van der Waals surface area contributed by atoms with Crippen LogP contribution in [0.5, 0.6) is 11.5 Å². The maximum Gasteiger partial charge on any atom is 0.336 e. The van der Waals surface area contributed by atoms with E-state index in [2.05, 4.69) is 31.9 Å². The molecular formula is C13H6Br2F2O3. The Balaban J connectivity index is 2.37. The predicted octanol–water partition coefficient (Wildman–Crippen LogP) is 4.98. The van der Waals surface area contributed by atoms with Crippen LogP contribution in [0.3, 0.4) is 0 Å². The molecular weight excluding hydrogens is 402 g/mol. The minimum Gasteiger partial charge on any atom is -0.478 e. The fourth-order valence-corrected chi connectivity index (χ4v) is 2.19. The molecule has 0 bridgehead atoms. The van der Waals surface area contributed by atoms with Gasteiger partial charge in [-0.1, -0.05) is 0 Å². The fraction of sp³-hybridized carbons (Fsp3) is 0. The molecule has 0 saturated carbocycles. The van der Waals surface area contributed by atoms with E-state index in [-0.39, 0.29) is 26.0 Å². The number of benzene rings is 2. The molecule has 0 amide bonds. The molecule has 0 radical (unpaired) electrons. The van der Waals surface area contributed by atoms with Gasteiger partial charge in [0.05, 0.1) is 14.5 Å². The second-order valence-corrected chi connectivity index (χ2v) is 5.37. The van der Waals surface area contributed by atoms with Crippen molar-refractivity contribution in [3.63, 3.8) is 0 Å². The molecule has 104 valence electrons. The van der Waals surface area contributed by atoms with Crippen LogP contribution in [0.25, 0.3) is 0 Å². The first-order chi connectivity index (χ1) is 9.40. The molecule has 1 N–H and O–H groups in total. The van der Waals surface area contributed by atoms with Crippen molar-refractivity contribution >= 4 is 37.8 Å². The summed E-state index contributed by atoms with van der Waals surface area (Å²) >= 11 is 5.84. The van der Waals surface area contributed by atoms with Crippen LogP contribution in [0.15, 0.2) is 39.3 Å². The summed E-state index contributed by atoms with van der Waals surface area (Å²) in [5.74, 6) is -2.79. The zero-order valence-electron chi connectivity index (χ0n) is 9.66. The Hall–Kier alpha value is -1.47. The van der Waals surface area contributed by atoms with E-state index in [9.17, 15) is 13.6 Å². The number of aromatic carboxylic acids is 1. The standard InChI is InChI=1S/C13H6Br2F2O3/c14-8-3-1-6(5-9(8)16)20-10-4-2-7(13(18)19)11(15)12(10)17/h1-5H,(H,18,19). The lowest BCUT2D eigenvalue weighted by Crippen LogP contribution is -2.00. The molecule has 0 atom stereocenters. The highest BCUT2D eigenvalue weighted by atomic mass is 79.9. The maximum absolute atomic E-state index is 13.9. The Morgan fingerprint density at radius 1 is 1.15 bits per heavy atom. The minimum atomic E-state index is -1.27. The molecule has 20 heavy (non-hydrogen) atoms. The first kappa shape index (κ1) is 14.9. The molecule has 7 heteroatoms. The number of halogens is 4. The van der Waals surface area contributed by atoms with Crippen molar-refractivity contribution in [3.05, 3.63) is 56.5 Å². The van der Waals surface area contributed by atoms with Crippen molar-refractivity contribution in [3.8, 4) is 11.5 Å². The van der Waals surface area contributed by atoms with Crippen LogP contribution in [0.1, 0.15) is 10.4 Å². The lowest BCUT2D eigenvalue weighted by atomic mass is 10.2. The molecule has 2 aromatic carbocycles. The summed E-state index contributed by atoms with van der Waals surface area (Å²) in [6.07, 6.45) is 0. The van der Waals surface area contributed by atoms with Gasteiger partial charge in [-0.2, -0.15) is 0 Å². The summed E-state index contributed by atoms with van der Waals surface area (Å²) in [7, 11) is 0. The van der Waals surface area contributed by atoms with Crippen LogP contribution in [-0.4, -0.2) is 11.1 Å². The molecule has 0 saturated heterocycles. The van der Waals surface area contributed by atoms with E-state index in [4.69, 9.17) is 9.84 Å². The topological polar surface area (TPSA) is 46.5 Å². The van der Waals surface area contributed by atoms with Gasteiger partial charge in [0.2, 0.25) is 0 Å². The highest BCUT2D eigenvalue weighted by Gasteiger charge is 2.17. The van der Waals surface area contributed by atoms with Crippen LogP contribution in [0.4, 0.5) is 8.78 Å². The van der Waals surface area contributed by atoms with Crippen molar-refractivity contribution in [2.24, 2.45) is 0 Å². The average molecular weight is 408 g/mol. The molecule has 2 aromatic rings. The van der Waals surface area contributed by atoms with E-state index in [0.29, 0.717) is 0 Å². The number of carboxylic acid groups (broad SMARTS) is 1. The molecule has 0 aliphatic rings. The molecule has 0 spiro atoms. The van der Waals surface area contributed by atoms with Crippen molar-refractivity contribution in [2.75, 3.05) is 0 Å². The van der Waals surface area contributed by atoms with Crippen LogP contribution < -0.4 is 4.74 Å². The van der Waals surface area contributed by atoms with Gasteiger partial charge in [-0.15, -0.1) is 0 Å². The van der Waals surface area contributed by atoms with Gasteiger partial charge in [0, 0.05) is 6.07 Å². The highest BCUT2D eigenvalue weighted by Crippen LogP contribution is 2.32. The Labute approximate surface area is 129 Å². The highest BCUT2D eigenvalue weighted by molar-refractivity contribution is 9.10. The van der Waals surface area contributed by atoms with Crippen LogP contribution in [0.2, 0.25) is 0 Å². The summed E-state index contributed by atoms with van der Waals surface area (Å²) < 4.78 is 32.5. The van der Waals surface area contributed by atoms with Gasteiger partial charge in [0.15, 0.2) is 11.6 Å². The zero-order valence-corrected chi connectivity index (χ0v) is 12.8. The predicted molar refractivity (Wildman–Crippen MR) is 75.2 cm³/mol.